The van der Waals surface area contributed by atoms with Crippen LogP contribution in [0.3, 0.4) is 0 Å². The zero-order chi connectivity index (χ0) is 0. The van der Waals surface area contributed by atoms with Crippen molar-refractivity contribution in [2.45, 2.75) is 0 Å². The quantitative estimate of drug-likeness (QED) is 0.442. The van der Waals surface area contributed by atoms with Crippen LogP contribution >= 0.6 is 0 Å². The number of hydrogen-bond donors (Lipinski definition) is 0. The molecule has 0 amide bonds. The monoisotopic (exact) mass is 321 g/mol. The third-order valence-electron chi connectivity index (χ3n) is 0. The molecule has 29 valence electrons. The molecule has 0 saturated heterocycles. The maximum Gasteiger partial charge on any atom is 0 e. The van der Waals surface area contributed by atoms with Gasteiger partial charge >= 0.3 is 72.4 Å². The summed E-state index contributed by atoms with van der Waals surface area (Å²) in [4.78, 5) is 0. The molecule has 5 heavy (non-hydrogen) atoms. The fraction of sp³-hybridized carbons (Fsp3) is 0. The molecule has 1 radical (unpaired) electrons. The summed E-state index contributed by atoms with van der Waals surface area (Å²) < 4.78 is 0. The standard InChI is InChI=1S/Ca.Fe.GeH4.HSe.Zn.2H/h;;1H4;1H;;;/q+2;;;;;2*-1. The van der Waals surface area contributed by atoms with Crippen molar-refractivity contribution in [3.63, 3.8) is 0 Å². The van der Waals surface area contributed by atoms with Gasteiger partial charge in [0.2, 0.25) is 0 Å². The summed E-state index contributed by atoms with van der Waals surface area (Å²) in [5.74, 6) is 0. The molecular weight excluding hydrogens is 313 g/mol. The second-order valence-electron chi connectivity index (χ2n) is 0. The van der Waals surface area contributed by atoms with Crippen molar-refractivity contribution in [3.05, 3.63) is 0 Å². The van der Waals surface area contributed by atoms with Crippen LogP contribution in [-0.2, 0) is 36.5 Å². The summed E-state index contributed by atoms with van der Waals surface area (Å²) in [7, 11) is 0. The maximum atomic E-state index is 0. The zero-order valence-electron chi connectivity index (χ0n) is 4.21. The van der Waals surface area contributed by atoms with Gasteiger partial charge in [-0.1, -0.05) is 0 Å². The Morgan fingerprint density at radius 1 is 1.20 bits per heavy atom. The van der Waals surface area contributed by atoms with Gasteiger partial charge in [-0.2, -0.15) is 0 Å². The molecule has 0 aromatic rings. The molecule has 0 aliphatic heterocycles. The summed E-state index contributed by atoms with van der Waals surface area (Å²) in [6.07, 6.45) is 0. The Kier molecular flexibility index (Phi) is 204. The van der Waals surface area contributed by atoms with Crippen LogP contribution in [-0.4, -0.2) is 72.4 Å². The Morgan fingerprint density at radius 3 is 1.20 bits per heavy atom. The fourth-order valence-electron chi connectivity index (χ4n) is 0. The fourth-order valence-corrected chi connectivity index (χ4v) is 0. The molecule has 0 fully saturated rings. The first-order valence-electron chi connectivity index (χ1n) is 0. The van der Waals surface area contributed by atoms with Crippen LogP contribution < -0.4 is 0 Å². The van der Waals surface area contributed by atoms with Crippen LogP contribution in [0.2, 0.25) is 0 Å². The van der Waals surface area contributed by atoms with E-state index in [1.165, 1.54) is 0 Å². The van der Waals surface area contributed by atoms with Crippen LogP contribution in [0.1, 0.15) is 2.85 Å². The SMILES string of the molecule is [Ca+2].[Fe].[GeH4].[H-].[H-].[SeH].[Zn]. The van der Waals surface area contributed by atoms with Crippen molar-refractivity contribution in [1.29, 1.82) is 0 Å². The van der Waals surface area contributed by atoms with Crippen molar-refractivity contribution in [3.8, 4) is 0 Å². The van der Waals surface area contributed by atoms with E-state index in [9.17, 15) is 0 Å². The summed E-state index contributed by atoms with van der Waals surface area (Å²) in [5, 5.41) is 0. The molecule has 0 aromatic carbocycles. The van der Waals surface area contributed by atoms with E-state index in [0.717, 1.165) is 0 Å². The second-order valence-corrected chi connectivity index (χ2v) is 0. The molecule has 0 saturated carbocycles. The summed E-state index contributed by atoms with van der Waals surface area (Å²) in [5.41, 5.74) is 0. The summed E-state index contributed by atoms with van der Waals surface area (Å²) >= 11 is 0. The Labute approximate surface area is 110 Å². The minimum atomic E-state index is 0. The average Bonchev–Trinajstić information content (AvgIpc) is 0. The van der Waals surface area contributed by atoms with E-state index in [1.807, 2.05) is 0 Å². The maximum absolute atomic E-state index is 0. The van der Waals surface area contributed by atoms with E-state index in [4.69, 9.17) is 0 Å². The topological polar surface area (TPSA) is 0 Å². The van der Waals surface area contributed by atoms with Gasteiger partial charge in [0.1, 0.15) is 0 Å². The van der Waals surface area contributed by atoms with E-state index < -0.39 is 0 Å². The molecular formula is H7CaFeGeSeZn. The van der Waals surface area contributed by atoms with E-state index in [2.05, 4.69) is 0 Å². The molecule has 0 spiro atoms. The minimum absolute atomic E-state index is 0. The molecule has 0 aromatic heterocycles. The zero-order valence-corrected chi connectivity index (χ0v) is 10.4. The summed E-state index contributed by atoms with van der Waals surface area (Å²) in [6.45, 7) is 0. The van der Waals surface area contributed by atoms with E-state index >= 15 is 0 Å². The molecule has 0 bridgehead atoms. The Morgan fingerprint density at radius 2 is 1.20 bits per heavy atom. The predicted octanol–water partition coefficient (Wildman–Crippen LogP) is -2.26. The van der Waals surface area contributed by atoms with E-state index in [1.54, 1.807) is 0 Å². The molecule has 0 aliphatic carbocycles. The summed E-state index contributed by atoms with van der Waals surface area (Å²) in [6, 6.07) is 0. The molecule has 0 N–H and O–H groups in total. The average molecular weight is 320 g/mol. The predicted molar refractivity (Wildman–Crippen MR) is 26.5 cm³/mol. The van der Waals surface area contributed by atoms with Crippen LogP contribution in [0.25, 0.3) is 0 Å². The van der Waals surface area contributed by atoms with Crippen molar-refractivity contribution in [2.24, 2.45) is 0 Å². The molecule has 0 nitrogen and oxygen atoms in total. The number of rotatable bonds is 0. The first-order valence-corrected chi connectivity index (χ1v) is 0. The van der Waals surface area contributed by atoms with Crippen molar-refractivity contribution < 1.29 is 39.4 Å². The Hall–Kier alpha value is 3.46. The van der Waals surface area contributed by atoms with Gasteiger partial charge in [0, 0.05) is 36.5 Å². The first-order chi connectivity index (χ1) is 0. The van der Waals surface area contributed by atoms with Crippen LogP contribution in [0, 0.1) is 0 Å². The molecule has 0 rings (SSSR count). The van der Waals surface area contributed by atoms with Crippen LogP contribution in [0.5, 0.6) is 0 Å². The van der Waals surface area contributed by atoms with Gasteiger partial charge in [-0.25, -0.2) is 0 Å². The smallest absolute Gasteiger partial charge is 0 e. The third kappa shape index (κ3) is 18.6. The molecule has 0 aliphatic rings. The molecule has 0 unspecified atom stereocenters. The van der Waals surface area contributed by atoms with Gasteiger partial charge in [-0.3, -0.25) is 0 Å². The van der Waals surface area contributed by atoms with Crippen molar-refractivity contribution in [1.82, 2.24) is 0 Å². The normalized spacial score (nSPS) is 0. The Balaban J connectivity index is 0. The van der Waals surface area contributed by atoms with Gasteiger partial charge in [0.05, 0.1) is 0 Å². The molecule has 0 heterocycles. The van der Waals surface area contributed by atoms with Gasteiger partial charge in [-0.15, -0.1) is 0 Å². The van der Waals surface area contributed by atoms with Gasteiger partial charge < -0.3 is 2.85 Å². The first kappa shape index (κ1) is 39.3. The largest absolute Gasteiger partial charge is 0 e. The van der Waals surface area contributed by atoms with Crippen molar-refractivity contribution >= 4 is 72.4 Å². The molecule has 5 heteroatoms. The molecule has 0 atom stereocenters. The number of hydrogen-bond acceptors (Lipinski definition) is 0. The second kappa shape index (κ2) is 26.0. The van der Waals surface area contributed by atoms with Gasteiger partial charge in [-0.05, 0) is 0 Å². The van der Waals surface area contributed by atoms with Gasteiger partial charge in [0.15, 0.2) is 0 Å². The van der Waals surface area contributed by atoms with Gasteiger partial charge in [0.25, 0.3) is 0 Å². The third-order valence-corrected chi connectivity index (χ3v) is 0. The van der Waals surface area contributed by atoms with E-state index in [-0.39, 0.29) is 112 Å². The Bertz CT molecular complexity index is 17.7. The van der Waals surface area contributed by atoms with Crippen LogP contribution in [0.15, 0.2) is 0 Å². The van der Waals surface area contributed by atoms with E-state index in [0.29, 0.717) is 0 Å². The minimum Gasteiger partial charge on any atom is 0 e. The van der Waals surface area contributed by atoms with Crippen LogP contribution in [0.4, 0.5) is 0 Å². The van der Waals surface area contributed by atoms with Crippen molar-refractivity contribution in [2.75, 3.05) is 0 Å².